The van der Waals surface area contributed by atoms with Crippen LogP contribution < -0.4 is 10.1 Å². The molecule has 4 rings (SSSR count). The number of aromatic amines is 2. The number of fused-ring (bicyclic) bond motifs is 2. The second-order valence-electron chi connectivity index (χ2n) is 5.82. The van der Waals surface area contributed by atoms with Crippen molar-refractivity contribution >= 4 is 27.8 Å². The lowest BCUT2D eigenvalue weighted by Crippen LogP contribution is -2.30. The van der Waals surface area contributed by atoms with Gasteiger partial charge < -0.3 is 20.0 Å². The molecule has 2 aromatic carbocycles. The molecule has 3 N–H and O–H groups in total. The fourth-order valence-electron chi connectivity index (χ4n) is 2.77. The maximum absolute atomic E-state index is 11.9. The van der Waals surface area contributed by atoms with E-state index in [1.54, 1.807) is 0 Å². The molecule has 0 unspecified atom stereocenters. The van der Waals surface area contributed by atoms with Gasteiger partial charge in [0, 0.05) is 30.1 Å². The van der Waals surface area contributed by atoms with Crippen LogP contribution in [-0.2, 0) is 11.2 Å². The van der Waals surface area contributed by atoms with E-state index >= 15 is 0 Å². The average molecular weight is 334 g/mol. The molecular weight excluding hydrogens is 316 g/mol. The van der Waals surface area contributed by atoms with E-state index in [1.807, 2.05) is 54.7 Å². The van der Waals surface area contributed by atoms with Crippen molar-refractivity contribution in [2.45, 2.75) is 6.42 Å². The Morgan fingerprint density at radius 1 is 1.12 bits per heavy atom. The van der Waals surface area contributed by atoms with Crippen molar-refractivity contribution in [3.63, 3.8) is 0 Å². The molecule has 1 amide bonds. The molecule has 0 spiro atoms. The van der Waals surface area contributed by atoms with E-state index in [1.165, 1.54) is 0 Å². The number of nitrogens with one attached hydrogen (secondary N) is 3. The second-order valence-corrected chi connectivity index (χ2v) is 5.82. The lowest BCUT2D eigenvalue weighted by atomic mass is 10.2. The molecule has 0 saturated heterocycles. The average Bonchev–Trinajstić information content (AvgIpc) is 3.25. The van der Waals surface area contributed by atoms with Crippen LogP contribution in [-0.4, -0.2) is 34.0 Å². The zero-order valence-electron chi connectivity index (χ0n) is 13.6. The predicted molar refractivity (Wildman–Crippen MR) is 96.6 cm³/mol. The molecule has 126 valence electrons. The van der Waals surface area contributed by atoms with Gasteiger partial charge in [-0.1, -0.05) is 12.1 Å². The normalized spacial score (nSPS) is 11.0. The van der Waals surface area contributed by atoms with Gasteiger partial charge in [0.1, 0.15) is 11.6 Å². The lowest BCUT2D eigenvalue weighted by molar-refractivity contribution is -0.123. The zero-order chi connectivity index (χ0) is 17.1. The highest BCUT2D eigenvalue weighted by Gasteiger charge is 2.06. The number of carbonyl (C=O) groups excluding carboxylic acids is 1. The topological polar surface area (TPSA) is 82.8 Å². The van der Waals surface area contributed by atoms with Crippen molar-refractivity contribution < 1.29 is 9.53 Å². The third-order valence-corrected chi connectivity index (χ3v) is 4.02. The number of imidazole rings is 1. The van der Waals surface area contributed by atoms with Crippen molar-refractivity contribution in [2.24, 2.45) is 0 Å². The van der Waals surface area contributed by atoms with Crippen molar-refractivity contribution in [3.05, 3.63) is 60.6 Å². The smallest absolute Gasteiger partial charge is 0.257 e. The van der Waals surface area contributed by atoms with E-state index < -0.39 is 0 Å². The van der Waals surface area contributed by atoms with Gasteiger partial charge in [0.15, 0.2) is 6.61 Å². The molecule has 6 nitrogen and oxygen atoms in total. The molecule has 0 bridgehead atoms. The summed E-state index contributed by atoms with van der Waals surface area (Å²) in [4.78, 5) is 22.8. The molecule has 0 aliphatic rings. The Bertz CT molecular complexity index is 985. The van der Waals surface area contributed by atoms with Crippen molar-refractivity contribution in [2.75, 3.05) is 13.2 Å². The summed E-state index contributed by atoms with van der Waals surface area (Å²) < 4.78 is 5.55. The summed E-state index contributed by atoms with van der Waals surface area (Å²) >= 11 is 0. The van der Waals surface area contributed by atoms with Crippen LogP contribution in [0.4, 0.5) is 0 Å². The van der Waals surface area contributed by atoms with Crippen LogP contribution >= 0.6 is 0 Å². The Balaban J connectivity index is 1.26. The van der Waals surface area contributed by atoms with E-state index in [4.69, 9.17) is 4.74 Å². The third kappa shape index (κ3) is 3.47. The Morgan fingerprint density at radius 3 is 2.96 bits per heavy atom. The maximum atomic E-state index is 11.9. The number of hydrogen-bond donors (Lipinski definition) is 3. The number of aromatic nitrogens is 3. The summed E-state index contributed by atoms with van der Waals surface area (Å²) in [6, 6.07) is 15.5. The number of amides is 1. The van der Waals surface area contributed by atoms with Gasteiger partial charge in [0.05, 0.1) is 11.0 Å². The molecule has 0 fully saturated rings. The first kappa shape index (κ1) is 15.3. The SMILES string of the molecule is O=C(COc1ccc2[nH]ccc2c1)NCCc1nc2ccccc2[nH]1. The Morgan fingerprint density at radius 2 is 2.04 bits per heavy atom. The first-order valence-corrected chi connectivity index (χ1v) is 8.18. The Labute approximate surface area is 144 Å². The first-order chi connectivity index (χ1) is 12.3. The molecule has 2 heterocycles. The summed E-state index contributed by atoms with van der Waals surface area (Å²) in [5.74, 6) is 1.39. The van der Waals surface area contributed by atoms with Gasteiger partial charge in [-0.3, -0.25) is 4.79 Å². The van der Waals surface area contributed by atoms with Gasteiger partial charge in [-0.05, 0) is 36.4 Å². The van der Waals surface area contributed by atoms with Gasteiger partial charge in [0.25, 0.3) is 5.91 Å². The molecule has 6 heteroatoms. The van der Waals surface area contributed by atoms with Crippen LogP contribution in [0.25, 0.3) is 21.9 Å². The number of hydrogen-bond acceptors (Lipinski definition) is 3. The molecule has 2 aromatic heterocycles. The zero-order valence-corrected chi connectivity index (χ0v) is 13.6. The number of nitrogens with zero attached hydrogens (tertiary/aromatic N) is 1. The molecule has 0 aliphatic carbocycles. The molecule has 0 radical (unpaired) electrons. The van der Waals surface area contributed by atoms with E-state index in [-0.39, 0.29) is 12.5 Å². The van der Waals surface area contributed by atoms with Gasteiger partial charge in [-0.15, -0.1) is 0 Å². The van der Waals surface area contributed by atoms with Crippen LogP contribution in [0.5, 0.6) is 5.75 Å². The summed E-state index contributed by atoms with van der Waals surface area (Å²) in [6.07, 6.45) is 2.52. The van der Waals surface area contributed by atoms with Crippen LogP contribution in [0.15, 0.2) is 54.7 Å². The molecule has 0 aliphatic heterocycles. The van der Waals surface area contributed by atoms with Crippen molar-refractivity contribution in [1.82, 2.24) is 20.3 Å². The minimum absolute atomic E-state index is 0.00391. The van der Waals surface area contributed by atoms with Gasteiger partial charge in [-0.2, -0.15) is 0 Å². The molecule has 0 atom stereocenters. The quantitative estimate of drug-likeness (QED) is 0.507. The Hall–Kier alpha value is -3.28. The molecular formula is C19H18N4O2. The van der Waals surface area contributed by atoms with E-state index in [9.17, 15) is 4.79 Å². The van der Waals surface area contributed by atoms with Gasteiger partial charge in [0.2, 0.25) is 0 Å². The van der Waals surface area contributed by atoms with E-state index in [0.717, 1.165) is 27.8 Å². The minimum Gasteiger partial charge on any atom is -0.484 e. The van der Waals surface area contributed by atoms with Crippen LogP contribution in [0.1, 0.15) is 5.82 Å². The Kier molecular flexibility index (Phi) is 4.08. The standard InChI is InChI=1S/C19H18N4O2/c24-19(12-25-14-5-6-15-13(11-14)7-9-20-15)21-10-8-18-22-16-3-1-2-4-17(16)23-18/h1-7,9,11,20H,8,10,12H2,(H,21,24)(H,22,23). The van der Waals surface area contributed by atoms with Crippen LogP contribution in [0.2, 0.25) is 0 Å². The summed E-state index contributed by atoms with van der Waals surface area (Å²) in [5, 5.41) is 3.91. The highest BCUT2D eigenvalue weighted by Crippen LogP contribution is 2.19. The number of benzene rings is 2. The van der Waals surface area contributed by atoms with Gasteiger partial charge >= 0.3 is 0 Å². The summed E-state index contributed by atoms with van der Waals surface area (Å²) in [7, 11) is 0. The van der Waals surface area contributed by atoms with E-state index in [0.29, 0.717) is 18.7 Å². The number of carbonyl (C=O) groups is 1. The van der Waals surface area contributed by atoms with E-state index in [2.05, 4.69) is 20.3 Å². The molecule has 0 saturated carbocycles. The number of H-pyrrole nitrogens is 2. The number of para-hydroxylation sites is 2. The largest absolute Gasteiger partial charge is 0.484 e. The van der Waals surface area contributed by atoms with Crippen LogP contribution in [0, 0.1) is 0 Å². The summed E-state index contributed by atoms with van der Waals surface area (Å²) in [5.41, 5.74) is 2.99. The lowest BCUT2D eigenvalue weighted by Gasteiger charge is -2.07. The molecule has 4 aromatic rings. The predicted octanol–water partition coefficient (Wildman–Crippen LogP) is 2.78. The highest BCUT2D eigenvalue weighted by molar-refractivity contribution is 5.81. The van der Waals surface area contributed by atoms with Crippen molar-refractivity contribution in [3.8, 4) is 5.75 Å². The van der Waals surface area contributed by atoms with Crippen molar-refractivity contribution in [1.29, 1.82) is 0 Å². The second kappa shape index (κ2) is 6.68. The van der Waals surface area contributed by atoms with Crippen LogP contribution in [0.3, 0.4) is 0 Å². The van der Waals surface area contributed by atoms with Gasteiger partial charge in [-0.25, -0.2) is 4.98 Å². The third-order valence-electron chi connectivity index (χ3n) is 4.02. The first-order valence-electron chi connectivity index (χ1n) is 8.18. The molecule has 25 heavy (non-hydrogen) atoms. The minimum atomic E-state index is -0.148. The monoisotopic (exact) mass is 334 g/mol. The summed E-state index contributed by atoms with van der Waals surface area (Å²) in [6.45, 7) is 0.509. The number of ether oxygens (including phenoxy) is 1. The fourth-order valence-corrected chi connectivity index (χ4v) is 2.77. The highest BCUT2D eigenvalue weighted by atomic mass is 16.5. The number of rotatable bonds is 6. The fraction of sp³-hybridized carbons (Fsp3) is 0.158. The maximum Gasteiger partial charge on any atom is 0.257 e.